The topological polar surface area (TPSA) is 89.9 Å². The lowest BCUT2D eigenvalue weighted by molar-refractivity contribution is 0.238. The Morgan fingerprint density at radius 2 is 1.93 bits per heavy atom. The minimum Gasteiger partial charge on any atom is -0.508 e. The zero-order valence-corrected chi connectivity index (χ0v) is 23.3. The van der Waals surface area contributed by atoms with Crippen LogP contribution in [-0.2, 0) is 6.42 Å². The second kappa shape index (κ2) is 8.91. The molecule has 4 aromatic rings. The highest BCUT2D eigenvalue weighted by molar-refractivity contribution is 6.03. The zero-order valence-electron chi connectivity index (χ0n) is 23.3. The number of benzene rings is 2. The highest BCUT2D eigenvalue weighted by Gasteiger charge is 2.44. The van der Waals surface area contributed by atoms with Crippen molar-refractivity contribution >= 4 is 33.4 Å². The molecule has 9 heteroatoms. The van der Waals surface area contributed by atoms with Crippen LogP contribution in [0, 0.1) is 0 Å². The number of aromatic nitrogens is 3. The molecule has 2 aromatic heterocycles. The highest BCUT2D eigenvalue weighted by atomic mass is 16.5. The zero-order chi connectivity index (χ0) is 27.1. The highest BCUT2D eigenvalue weighted by Crippen LogP contribution is 2.43. The van der Waals surface area contributed by atoms with Gasteiger partial charge in [-0.3, -0.25) is 0 Å². The van der Waals surface area contributed by atoms with Crippen molar-refractivity contribution in [2.45, 2.75) is 50.4 Å². The average Bonchev–Trinajstić information content (AvgIpc) is 3.23. The summed E-state index contributed by atoms with van der Waals surface area (Å²) < 4.78 is 6.54. The SMILES string of the molecule is CCc1cccc2cc(O)cc(-c3cc4nc(N5CC(N(C)C)C5)nc5c4c(n3)OCC3C4CC[C@@H](CN53)N4)c12. The fourth-order valence-corrected chi connectivity index (χ4v) is 7.12. The van der Waals surface area contributed by atoms with E-state index in [0.29, 0.717) is 30.6 Å². The fraction of sp³-hybridized carbons (Fsp3) is 0.452. The lowest BCUT2D eigenvalue weighted by Crippen LogP contribution is -2.60. The molecular formula is C31H35N7O2. The van der Waals surface area contributed by atoms with Gasteiger partial charge in [0.15, 0.2) is 0 Å². The molecule has 0 saturated carbocycles. The van der Waals surface area contributed by atoms with Gasteiger partial charge in [-0.15, -0.1) is 0 Å². The van der Waals surface area contributed by atoms with Crippen LogP contribution in [-0.4, -0.2) is 89.5 Å². The van der Waals surface area contributed by atoms with Crippen molar-refractivity contribution in [3.05, 3.63) is 42.0 Å². The summed E-state index contributed by atoms with van der Waals surface area (Å²) in [5, 5.41) is 17.5. The summed E-state index contributed by atoms with van der Waals surface area (Å²) in [5.74, 6) is 2.52. The van der Waals surface area contributed by atoms with Crippen LogP contribution < -0.4 is 19.9 Å². The predicted octanol–water partition coefficient (Wildman–Crippen LogP) is 3.56. The van der Waals surface area contributed by atoms with Crippen LogP contribution in [0.5, 0.6) is 11.6 Å². The standard InChI is InChI=1S/C31H35N7O2/c1-4-17-6-5-7-18-10-21(39)11-22(27(17)18)24-12-25-28-29(35-31(34-25)37-14-20(15-37)36(2)3)38-13-19-8-9-23(32-19)26(38)16-40-30(28)33-24/h5-7,10-12,19-20,23,26,32,39H,4,8-9,13-16H2,1-3H3/t19-,23?,26?/m0/s1. The maximum absolute atomic E-state index is 10.7. The number of rotatable bonds is 4. The van der Waals surface area contributed by atoms with Crippen LogP contribution in [0.25, 0.3) is 32.9 Å². The molecule has 6 heterocycles. The number of likely N-dealkylation sites (N-methyl/N-ethyl adjacent to an activating group) is 1. The first-order valence-electron chi connectivity index (χ1n) is 14.5. The number of piperazine rings is 1. The van der Waals surface area contributed by atoms with Gasteiger partial charge < -0.3 is 29.9 Å². The summed E-state index contributed by atoms with van der Waals surface area (Å²) in [6.45, 7) is 5.44. The summed E-state index contributed by atoms with van der Waals surface area (Å²) in [5.41, 5.74) is 3.72. The van der Waals surface area contributed by atoms with Gasteiger partial charge in [-0.1, -0.05) is 25.1 Å². The molecule has 8 rings (SSSR count). The second-order valence-electron chi connectivity index (χ2n) is 12.0. The Balaban J connectivity index is 1.34. The summed E-state index contributed by atoms with van der Waals surface area (Å²) in [6, 6.07) is 13.5. The molecule has 0 amide bonds. The Morgan fingerprint density at radius 1 is 1.05 bits per heavy atom. The molecule has 3 atom stereocenters. The smallest absolute Gasteiger partial charge is 0.228 e. The van der Waals surface area contributed by atoms with Gasteiger partial charge in [0, 0.05) is 43.3 Å². The van der Waals surface area contributed by atoms with Crippen molar-refractivity contribution in [3.8, 4) is 22.9 Å². The van der Waals surface area contributed by atoms with Crippen molar-refractivity contribution in [1.29, 1.82) is 0 Å². The summed E-state index contributed by atoms with van der Waals surface area (Å²) in [6.07, 6.45) is 3.22. The Bertz CT molecular complexity index is 1650. The maximum Gasteiger partial charge on any atom is 0.228 e. The van der Waals surface area contributed by atoms with Gasteiger partial charge in [-0.25, -0.2) is 9.97 Å². The molecule has 0 spiro atoms. The van der Waals surface area contributed by atoms with Gasteiger partial charge in [0.1, 0.15) is 23.6 Å². The molecule has 0 radical (unpaired) electrons. The Morgan fingerprint density at radius 3 is 2.75 bits per heavy atom. The monoisotopic (exact) mass is 537 g/mol. The Hall–Kier alpha value is -3.69. The van der Waals surface area contributed by atoms with Gasteiger partial charge >= 0.3 is 0 Å². The van der Waals surface area contributed by atoms with Crippen LogP contribution in [0.3, 0.4) is 0 Å². The van der Waals surface area contributed by atoms with Gasteiger partial charge in [-0.05, 0) is 67.9 Å². The molecular weight excluding hydrogens is 502 g/mol. The molecule has 0 aliphatic carbocycles. The number of fused-ring (bicyclic) bond motifs is 6. The van der Waals surface area contributed by atoms with E-state index in [1.54, 1.807) is 0 Å². The van der Waals surface area contributed by atoms with Crippen LogP contribution in [0.1, 0.15) is 25.3 Å². The van der Waals surface area contributed by atoms with Crippen molar-refractivity contribution in [2.24, 2.45) is 0 Å². The molecule has 9 nitrogen and oxygen atoms in total. The molecule has 3 fully saturated rings. The Labute approximate surface area is 233 Å². The van der Waals surface area contributed by atoms with Crippen LogP contribution in [0.15, 0.2) is 36.4 Å². The number of hydrogen-bond donors (Lipinski definition) is 2. The lowest BCUT2D eigenvalue weighted by atomic mass is 9.95. The second-order valence-corrected chi connectivity index (χ2v) is 12.0. The summed E-state index contributed by atoms with van der Waals surface area (Å²) >= 11 is 0. The van der Waals surface area contributed by atoms with Crippen LogP contribution >= 0.6 is 0 Å². The quantitative estimate of drug-likeness (QED) is 0.406. The van der Waals surface area contributed by atoms with E-state index in [9.17, 15) is 5.11 Å². The normalized spacial score (nSPS) is 23.9. The van der Waals surface area contributed by atoms with E-state index in [2.05, 4.69) is 53.2 Å². The van der Waals surface area contributed by atoms with Gasteiger partial charge in [0.05, 0.1) is 17.3 Å². The van der Waals surface area contributed by atoms with Gasteiger partial charge in [-0.2, -0.15) is 4.98 Å². The first-order valence-corrected chi connectivity index (χ1v) is 14.5. The number of anilines is 2. The third kappa shape index (κ3) is 3.64. The number of hydrogen-bond acceptors (Lipinski definition) is 9. The largest absolute Gasteiger partial charge is 0.508 e. The maximum atomic E-state index is 10.7. The average molecular weight is 538 g/mol. The van der Waals surface area contributed by atoms with Crippen LogP contribution in [0.2, 0.25) is 0 Å². The molecule has 4 aliphatic heterocycles. The first-order chi connectivity index (χ1) is 19.5. The third-order valence-corrected chi connectivity index (χ3v) is 9.42. The molecule has 2 bridgehead atoms. The Kier molecular flexibility index (Phi) is 5.37. The van der Waals surface area contributed by atoms with Crippen molar-refractivity contribution < 1.29 is 9.84 Å². The molecule has 3 saturated heterocycles. The summed E-state index contributed by atoms with van der Waals surface area (Å²) in [7, 11) is 4.26. The van der Waals surface area contributed by atoms with E-state index in [0.717, 1.165) is 77.2 Å². The lowest BCUT2D eigenvalue weighted by Gasteiger charge is -2.43. The van der Waals surface area contributed by atoms with E-state index in [1.165, 1.54) is 12.0 Å². The van der Waals surface area contributed by atoms with Gasteiger partial charge in [0.2, 0.25) is 11.8 Å². The number of nitrogens with zero attached hydrogens (tertiary/aromatic N) is 6. The number of aryl methyl sites for hydroxylation is 1. The number of phenols is 1. The molecule has 2 N–H and O–H groups in total. The van der Waals surface area contributed by atoms with Crippen LogP contribution in [0.4, 0.5) is 11.8 Å². The number of nitrogens with one attached hydrogen (secondary N) is 1. The number of aromatic hydroxyl groups is 1. The van der Waals surface area contributed by atoms with Gasteiger partial charge in [0.25, 0.3) is 0 Å². The molecule has 4 aliphatic rings. The summed E-state index contributed by atoms with van der Waals surface area (Å²) in [4.78, 5) is 22.5. The van der Waals surface area contributed by atoms with E-state index in [4.69, 9.17) is 19.7 Å². The predicted molar refractivity (Wildman–Crippen MR) is 158 cm³/mol. The number of pyridine rings is 1. The molecule has 2 unspecified atom stereocenters. The molecule has 206 valence electrons. The third-order valence-electron chi connectivity index (χ3n) is 9.42. The minimum absolute atomic E-state index is 0.196. The van der Waals surface area contributed by atoms with Crippen molar-refractivity contribution in [1.82, 2.24) is 25.2 Å². The minimum atomic E-state index is 0.196. The fourth-order valence-electron chi connectivity index (χ4n) is 7.12. The first kappa shape index (κ1) is 24.1. The molecule has 2 aromatic carbocycles. The van der Waals surface area contributed by atoms with E-state index in [-0.39, 0.29) is 11.8 Å². The van der Waals surface area contributed by atoms with Crippen molar-refractivity contribution in [2.75, 3.05) is 50.1 Å². The van der Waals surface area contributed by atoms with E-state index in [1.807, 2.05) is 24.3 Å². The van der Waals surface area contributed by atoms with E-state index < -0.39 is 0 Å². The number of phenolic OH excluding ortho intramolecular Hbond substituents is 1. The van der Waals surface area contributed by atoms with E-state index >= 15 is 0 Å². The molecule has 40 heavy (non-hydrogen) atoms. The van der Waals surface area contributed by atoms with Crippen molar-refractivity contribution in [3.63, 3.8) is 0 Å². The number of ether oxygens (including phenoxy) is 1.